The number of nitrogens with one attached hydrogen (secondary N) is 1. The van der Waals surface area contributed by atoms with Crippen LogP contribution < -0.4 is 5.32 Å². The molecular weight excluding hydrogens is 345 g/mol. The molecule has 2 aromatic rings. The number of nitrogens with zero attached hydrogens (tertiary/aromatic N) is 2. The number of anilines is 1. The Morgan fingerprint density at radius 3 is 2.76 bits per heavy atom. The first-order valence-corrected chi connectivity index (χ1v) is 7.61. The summed E-state index contributed by atoms with van der Waals surface area (Å²) in [6, 6.07) is 2.06. The van der Waals surface area contributed by atoms with Gasteiger partial charge in [-0.25, -0.2) is 9.97 Å². The molecular formula is C12H14IN3S. The molecule has 0 aliphatic heterocycles. The van der Waals surface area contributed by atoms with E-state index in [-0.39, 0.29) is 0 Å². The first kappa shape index (κ1) is 12.8. The lowest BCUT2D eigenvalue weighted by Crippen LogP contribution is -2.07. The minimum atomic E-state index is 0.819. The summed E-state index contributed by atoms with van der Waals surface area (Å²) in [6.07, 6.45) is 0.927. The highest BCUT2D eigenvalue weighted by Crippen LogP contribution is 2.25. The molecule has 0 radical (unpaired) electrons. The molecule has 2 heterocycles. The fraction of sp³-hybridized carbons (Fsp3) is 0.333. The molecule has 2 rings (SSSR count). The van der Waals surface area contributed by atoms with Crippen LogP contribution in [0.1, 0.15) is 19.5 Å². The number of aryl methyl sites for hydroxylation is 1. The van der Waals surface area contributed by atoms with Crippen molar-refractivity contribution in [3.8, 4) is 11.4 Å². The first-order valence-electron chi connectivity index (χ1n) is 5.59. The second kappa shape index (κ2) is 5.77. The van der Waals surface area contributed by atoms with Crippen LogP contribution in [0.5, 0.6) is 0 Å². The quantitative estimate of drug-likeness (QED) is 0.844. The van der Waals surface area contributed by atoms with Gasteiger partial charge >= 0.3 is 0 Å². The molecule has 0 saturated heterocycles. The molecule has 90 valence electrons. The Kier molecular flexibility index (Phi) is 4.33. The third-order valence-corrected chi connectivity index (χ3v) is 4.20. The zero-order chi connectivity index (χ0) is 12.3. The highest BCUT2D eigenvalue weighted by atomic mass is 127. The largest absolute Gasteiger partial charge is 0.369 e. The number of thiophene rings is 1. The van der Waals surface area contributed by atoms with Crippen molar-refractivity contribution in [2.24, 2.45) is 0 Å². The molecule has 0 unspecified atom stereocenters. The SMILES string of the molecule is CCNc1nc(-c2ccsc2)nc(CC)c1I. The molecule has 0 amide bonds. The van der Waals surface area contributed by atoms with Gasteiger partial charge in [0.25, 0.3) is 0 Å². The summed E-state index contributed by atoms with van der Waals surface area (Å²) in [6.45, 7) is 5.07. The van der Waals surface area contributed by atoms with Crippen molar-refractivity contribution in [2.45, 2.75) is 20.3 Å². The Hall–Kier alpha value is -0.690. The molecule has 0 spiro atoms. The number of rotatable bonds is 4. The summed E-state index contributed by atoms with van der Waals surface area (Å²) in [5.74, 6) is 1.76. The van der Waals surface area contributed by atoms with Crippen LogP contribution in [0.2, 0.25) is 0 Å². The Balaban J connectivity index is 2.50. The first-order chi connectivity index (χ1) is 8.26. The minimum Gasteiger partial charge on any atom is -0.369 e. The van der Waals surface area contributed by atoms with Crippen molar-refractivity contribution in [1.29, 1.82) is 0 Å². The summed E-state index contributed by atoms with van der Waals surface area (Å²) in [7, 11) is 0. The lowest BCUT2D eigenvalue weighted by molar-refractivity contribution is 0.983. The predicted octanol–water partition coefficient (Wildman–Crippen LogP) is 3.80. The van der Waals surface area contributed by atoms with Crippen LogP contribution in [0.15, 0.2) is 16.8 Å². The summed E-state index contributed by atoms with van der Waals surface area (Å²) in [4.78, 5) is 9.21. The Morgan fingerprint density at radius 2 is 2.18 bits per heavy atom. The molecule has 0 bridgehead atoms. The normalized spacial score (nSPS) is 10.5. The molecule has 3 nitrogen and oxygen atoms in total. The summed E-state index contributed by atoms with van der Waals surface area (Å²) < 4.78 is 1.13. The maximum absolute atomic E-state index is 4.62. The van der Waals surface area contributed by atoms with Crippen molar-refractivity contribution in [3.05, 3.63) is 26.1 Å². The monoisotopic (exact) mass is 359 g/mol. The van der Waals surface area contributed by atoms with Crippen LogP contribution in [0.4, 0.5) is 5.82 Å². The summed E-state index contributed by atoms with van der Waals surface area (Å²) >= 11 is 3.98. The fourth-order valence-corrected chi connectivity index (χ4v) is 2.98. The van der Waals surface area contributed by atoms with Crippen LogP contribution in [-0.2, 0) is 6.42 Å². The van der Waals surface area contributed by atoms with Gasteiger partial charge in [0.15, 0.2) is 5.82 Å². The molecule has 0 saturated carbocycles. The second-order valence-electron chi connectivity index (χ2n) is 3.55. The zero-order valence-corrected chi connectivity index (χ0v) is 12.8. The van der Waals surface area contributed by atoms with E-state index in [9.17, 15) is 0 Å². The lowest BCUT2D eigenvalue weighted by Gasteiger charge is -2.10. The van der Waals surface area contributed by atoms with Gasteiger partial charge in [0.05, 0.1) is 9.26 Å². The Bertz CT molecular complexity index is 497. The van der Waals surface area contributed by atoms with Crippen LogP contribution in [0.3, 0.4) is 0 Å². The van der Waals surface area contributed by atoms with Crippen molar-refractivity contribution >= 4 is 39.7 Å². The van der Waals surface area contributed by atoms with E-state index in [0.29, 0.717) is 0 Å². The third-order valence-electron chi connectivity index (χ3n) is 2.38. The lowest BCUT2D eigenvalue weighted by atomic mass is 10.2. The topological polar surface area (TPSA) is 37.8 Å². The van der Waals surface area contributed by atoms with E-state index in [1.807, 2.05) is 0 Å². The Morgan fingerprint density at radius 1 is 1.35 bits per heavy atom. The maximum atomic E-state index is 4.62. The molecule has 0 fully saturated rings. The average Bonchev–Trinajstić information content (AvgIpc) is 2.85. The van der Waals surface area contributed by atoms with Gasteiger partial charge in [-0.1, -0.05) is 6.92 Å². The van der Waals surface area contributed by atoms with Crippen LogP contribution in [0.25, 0.3) is 11.4 Å². The predicted molar refractivity (Wildman–Crippen MR) is 81.6 cm³/mol. The van der Waals surface area contributed by atoms with E-state index in [4.69, 9.17) is 0 Å². The summed E-state index contributed by atoms with van der Waals surface area (Å²) in [5.41, 5.74) is 2.21. The van der Waals surface area contributed by atoms with Gasteiger partial charge < -0.3 is 5.32 Å². The van der Waals surface area contributed by atoms with Crippen LogP contribution in [-0.4, -0.2) is 16.5 Å². The molecule has 17 heavy (non-hydrogen) atoms. The molecule has 1 N–H and O–H groups in total. The zero-order valence-electron chi connectivity index (χ0n) is 9.83. The van der Waals surface area contributed by atoms with E-state index in [1.165, 1.54) is 0 Å². The van der Waals surface area contributed by atoms with Gasteiger partial charge in [0, 0.05) is 17.5 Å². The minimum absolute atomic E-state index is 0.819. The number of hydrogen-bond donors (Lipinski definition) is 1. The van der Waals surface area contributed by atoms with Gasteiger partial charge in [-0.05, 0) is 47.4 Å². The standard InChI is InChI=1S/C12H14IN3S/c1-3-9-10(13)12(14-4-2)16-11(15-9)8-5-6-17-7-8/h5-7H,3-4H2,1-2H3,(H,14,15,16). The molecule has 0 aliphatic carbocycles. The number of halogens is 1. The summed E-state index contributed by atoms with van der Waals surface area (Å²) in [5, 5.41) is 7.43. The van der Waals surface area contributed by atoms with Crippen molar-refractivity contribution < 1.29 is 0 Å². The van der Waals surface area contributed by atoms with Gasteiger partial charge in [0.1, 0.15) is 5.82 Å². The number of aromatic nitrogens is 2. The molecule has 0 aromatic carbocycles. The van der Waals surface area contributed by atoms with E-state index < -0.39 is 0 Å². The van der Waals surface area contributed by atoms with Crippen LogP contribution >= 0.6 is 33.9 Å². The van der Waals surface area contributed by atoms with Crippen molar-refractivity contribution in [1.82, 2.24) is 9.97 Å². The van der Waals surface area contributed by atoms with E-state index in [0.717, 1.165) is 39.4 Å². The van der Waals surface area contributed by atoms with Gasteiger partial charge in [-0.15, -0.1) is 0 Å². The van der Waals surface area contributed by atoms with Crippen molar-refractivity contribution in [3.63, 3.8) is 0 Å². The molecule has 0 atom stereocenters. The van der Waals surface area contributed by atoms with E-state index >= 15 is 0 Å². The van der Waals surface area contributed by atoms with E-state index in [1.54, 1.807) is 11.3 Å². The molecule has 2 aromatic heterocycles. The third kappa shape index (κ3) is 2.77. The highest BCUT2D eigenvalue weighted by Gasteiger charge is 2.11. The fourth-order valence-electron chi connectivity index (χ4n) is 1.53. The van der Waals surface area contributed by atoms with Gasteiger partial charge in [-0.3, -0.25) is 0 Å². The van der Waals surface area contributed by atoms with Gasteiger partial charge in [0.2, 0.25) is 0 Å². The smallest absolute Gasteiger partial charge is 0.162 e. The van der Waals surface area contributed by atoms with Gasteiger partial charge in [-0.2, -0.15) is 11.3 Å². The number of hydrogen-bond acceptors (Lipinski definition) is 4. The maximum Gasteiger partial charge on any atom is 0.162 e. The highest BCUT2D eigenvalue weighted by molar-refractivity contribution is 14.1. The average molecular weight is 359 g/mol. The Labute approximate surface area is 119 Å². The van der Waals surface area contributed by atoms with Crippen LogP contribution in [0, 0.1) is 3.57 Å². The van der Waals surface area contributed by atoms with E-state index in [2.05, 4.69) is 68.5 Å². The van der Waals surface area contributed by atoms with Crippen molar-refractivity contribution in [2.75, 3.05) is 11.9 Å². The second-order valence-corrected chi connectivity index (χ2v) is 5.41. The molecule has 0 aliphatic rings. The molecule has 5 heteroatoms.